The molecule has 0 radical (unpaired) electrons. The van der Waals surface area contributed by atoms with Crippen molar-refractivity contribution < 1.29 is 19.7 Å². The predicted molar refractivity (Wildman–Crippen MR) is 139 cm³/mol. The summed E-state index contributed by atoms with van der Waals surface area (Å²) in [6.45, 7) is 11.7. The minimum atomic E-state index is -0.984. The van der Waals surface area contributed by atoms with Crippen molar-refractivity contribution in [2.75, 3.05) is 0 Å². The standard InChI is InChI=1S/C29H37NO4/c1-19(2)30-25-10-8-7-9-24(25)28(21-13-11-20(3)12-14-21)26(30)16-15-22(31)17-23(32)18-27(33)34-29(4,5)6/h7-16,19,22-23,31-32H,17-18H2,1-6H3/b16-15+/t22-,23-/m0/s1. The van der Waals surface area contributed by atoms with Gasteiger partial charge in [0.05, 0.1) is 18.6 Å². The fraction of sp³-hybridized carbons (Fsp3) is 0.414. The van der Waals surface area contributed by atoms with E-state index in [1.165, 1.54) is 5.56 Å². The Morgan fingerprint density at radius 3 is 2.32 bits per heavy atom. The molecule has 2 atom stereocenters. The van der Waals surface area contributed by atoms with Gasteiger partial charge in [0, 0.05) is 34.6 Å². The summed E-state index contributed by atoms with van der Waals surface area (Å²) in [5.41, 5.74) is 4.95. The van der Waals surface area contributed by atoms with E-state index in [1.807, 2.05) is 18.2 Å². The zero-order chi connectivity index (χ0) is 25.0. The summed E-state index contributed by atoms with van der Waals surface area (Å²) in [6, 6.07) is 17.0. The molecule has 2 aromatic carbocycles. The number of benzene rings is 2. The quantitative estimate of drug-likeness (QED) is 0.399. The number of ether oxygens (including phenoxy) is 1. The largest absolute Gasteiger partial charge is 0.460 e. The Morgan fingerprint density at radius 1 is 1.06 bits per heavy atom. The summed E-state index contributed by atoms with van der Waals surface area (Å²) in [7, 11) is 0. The van der Waals surface area contributed by atoms with Crippen LogP contribution in [0.25, 0.3) is 28.1 Å². The molecule has 2 N–H and O–H groups in total. The number of nitrogens with zero attached hydrogens (tertiary/aromatic N) is 1. The summed E-state index contributed by atoms with van der Waals surface area (Å²) in [5.74, 6) is -0.474. The van der Waals surface area contributed by atoms with Gasteiger partial charge in [-0.05, 0) is 59.2 Å². The molecule has 5 heteroatoms. The van der Waals surface area contributed by atoms with Crippen LogP contribution in [0.2, 0.25) is 0 Å². The highest BCUT2D eigenvalue weighted by molar-refractivity contribution is 6.01. The second-order valence-electron chi connectivity index (χ2n) is 10.2. The van der Waals surface area contributed by atoms with E-state index in [0.29, 0.717) is 0 Å². The highest BCUT2D eigenvalue weighted by Gasteiger charge is 2.22. The van der Waals surface area contributed by atoms with Crippen molar-refractivity contribution in [3.63, 3.8) is 0 Å². The van der Waals surface area contributed by atoms with Gasteiger partial charge in [-0.25, -0.2) is 0 Å². The number of hydrogen-bond donors (Lipinski definition) is 2. The van der Waals surface area contributed by atoms with Crippen LogP contribution in [0.15, 0.2) is 54.6 Å². The van der Waals surface area contributed by atoms with Crippen LogP contribution in [0.4, 0.5) is 0 Å². The van der Waals surface area contributed by atoms with Crippen LogP contribution >= 0.6 is 0 Å². The molecule has 0 saturated carbocycles. The van der Waals surface area contributed by atoms with Crippen molar-refractivity contribution in [3.8, 4) is 11.1 Å². The Morgan fingerprint density at radius 2 is 1.71 bits per heavy atom. The molecule has 182 valence electrons. The number of aliphatic hydroxyl groups is 2. The van der Waals surface area contributed by atoms with Gasteiger partial charge >= 0.3 is 5.97 Å². The molecule has 0 aliphatic heterocycles. The van der Waals surface area contributed by atoms with Crippen molar-refractivity contribution in [1.82, 2.24) is 4.57 Å². The van der Waals surface area contributed by atoms with E-state index in [4.69, 9.17) is 4.74 Å². The molecule has 0 saturated heterocycles. The molecule has 0 unspecified atom stereocenters. The van der Waals surface area contributed by atoms with Gasteiger partial charge in [-0.3, -0.25) is 4.79 Å². The van der Waals surface area contributed by atoms with Crippen LogP contribution in [-0.2, 0) is 9.53 Å². The SMILES string of the molecule is Cc1ccc(-c2c(/C=C/[C@H](O)C[C@H](O)CC(=O)OC(C)(C)C)n(C(C)C)c3ccccc23)cc1. The lowest BCUT2D eigenvalue weighted by molar-refractivity contribution is -0.157. The van der Waals surface area contributed by atoms with Gasteiger partial charge in [0.25, 0.3) is 0 Å². The van der Waals surface area contributed by atoms with E-state index < -0.39 is 23.8 Å². The first-order chi connectivity index (χ1) is 16.0. The molecule has 3 aromatic rings. The first-order valence-electron chi connectivity index (χ1n) is 11.9. The number of fused-ring (bicyclic) bond motifs is 1. The Hall–Kier alpha value is -2.89. The first-order valence-corrected chi connectivity index (χ1v) is 11.9. The number of carbonyl (C=O) groups is 1. The number of hydrogen-bond acceptors (Lipinski definition) is 4. The molecule has 3 rings (SSSR count). The topological polar surface area (TPSA) is 71.7 Å². The predicted octanol–water partition coefficient (Wildman–Crippen LogP) is 6.05. The Balaban J connectivity index is 1.91. The zero-order valence-electron chi connectivity index (χ0n) is 21.1. The van der Waals surface area contributed by atoms with Crippen LogP contribution in [0.3, 0.4) is 0 Å². The van der Waals surface area contributed by atoms with Gasteiger partial charge in [0.2, 0.25) is 0 Å². The number of para-hydroxylation sites is 1. The first kappa shape index (κ1) is 25.7. The Kier molecular flexibility index (Phi) is 8.01. The van der Waals surface area contributed by atoms with Crippen LogP contribution in [0, 0.1) is 6.92 Å². The second-order valence-corrected chi connectivity index (χ2v) is 10.2. The molecule has 0 amide bonds. The number of esters is 1. The van der Waals surface area contributed by atoms with E-state index in [0.717, 1.165) is 27.7 Å². The molecule has 1 aromatic heterocycles. The maximum absolute atomic E-state index is 12.0. The molecule has 0 spiro atoms. The van der Waals surface area contributed by atoms with E-state index in [9.17, 15) is 15.0 Å². The molecule has 1 heterocycles. The normalized spacial score (nSPS) is 14.1. The molecule has 5 nitrogen and oxygen atoms in total. The number of aryl methyl sites for hydroxylation is 1. The third kappa shape index (κ3) is 6.37. The van der Waals surface area contributed by atoms with Gasteiger partial charge in [0.15, 0.2) is 0 Å². The average Bonchev–Trinajstić information content (AvgIpc) is 3.05. The second kappa shape index (κ2) is 10.6. The van der Waals surface area contributed by atoms with Crippen LogP contribution < -0.4 is 0 Å². The van der Waals surface area contributed by atoms with Crippen LogP contribution in [0.5, 0.6) is 0 Å². The Labute approximate surface area is 202 Å². The summed E-state index contributed by atoms with van der Waals surface area (Å²) < 4.78 is 7.53. The molecule has 0 aliphatic rings. The van der Waals surface area contributed by atoms with Gasteiger partial charge in [-0.2, -0.15) is 0 Å². The van der Waals surface area contributed by atoms with Crippen molar-refractivity contribution in [3.05, 3.63) is 65.9 Å². The van der Waals surface area contributed by atoms with E-state index in [2.05, 4.69) is 61.7 Å². The third-order valence-electron chi connectivity index (χ3n) is 5.62. The van der Waals surface area contributed by atoms with Gasteiger partial charge < -0.3 is 19.5 Å². The number of rotatable bonds is 8. The fourth-order valence-corrected chi connectivity index (χ4v) is 4.25. The van der Waals surface area contributed by atoms with Crippen molar-refractivity contribution in [1.29, 1.82) is 0 Å². The summed E-state index contributed by atoms with van der Waals surface area (Å²) in [6.07, 6.45) is 1.65. The van der Waals surface area contributed by atoms with Crippen LogP contribution in [0.1, 0.15) is 64.8 Å². The molecule has 0 bridgehead atoms. The molecular formula is C29H37NO4. The lowest BCUT2D eigenvalue weighted by Crippen LogP contribution is -2.27. The zero-order valence-corrected chi connectivity index (χ0v) is 21.1. The third-order valence-corrected chi connectivity index (χ3v) is 5.62. The number of aliphatic hydroxyl groups excluding tert-OH is 2. The van der Waals surface area contributed by atoms with E-state index in [1.54, 1.807) is 26.8 Å². The van der Waals surface area contributed by atoms with Crippen LogP contribution in [-0.4, -0.2) is 38.6 Å². The minimum absolute atomic E-state index is 0.0531. The summed E-state index contributed by atoms with van der Waals surface area (Å²) >= 11 is 0. The smallest absolute Gasteiger partial charge is 0.308 e. The monoisotopic (exact) mass is 463 g/mol. The van der Waals surface area contributed by atoms with Crippen molar-refractivity contribution in [2.24, 2.45) is 0 Å². The van der Waals surface area contributed by atoms with Gasteiger partial charge in [0.1, 0.15) is 5.60 Å². The minimum Gasteiger partial charge on any atom is -0.460 e. The fourth-order valence-electron chi connectivity index (χ4n) is 4.25. The maximum Gasteiger partial charge on any atom is 0.308 e. The van der Waals surface area contributed by atoms with Gasteiger partial charge in [-0.1, -0.05) is 54.1 Å². The molecule has 34 heavy (non-hydrogen) atoms. The van der Waals surface area contributed by atoms with E-state index in [-0.39, 0.29) is 18.9 Å². The van der Waals surface area contributed by atoms with Gasteiger partial charge in [-0.15, -0.1) is 0 Å². The molecular weight excluding hydrogens is 426 g/mol. The molecule has 0 aliphatic carbocycles. The van der Waals surface area contributed by atoms with Crippen molar-refractivity contribution in [2.45, 2.75) is 78.2 Å². The molecule has 0 fully saturated rings. The van der Waals surface area contributed by atoms with E-state index >= 15 is 0 Å². The summed E-state index contributed by atoms with van der Waals surface area (Å²) in [4.78, 5) is 12.0. The Bertz CT molecular complexity index is 1150. The lowest BCUT2D eigenvalue weighted by Gasteiger charge is -2.21. The average molecular weight is 464 g/mol. The highest BCUT2D eigenvalue weighted by atomic mass is 16.6. The summed E-state index contributed by atoms with van der Waals surface area (Å²) in [5, 5.41) is 22.1. The maximum atomic E-state index is 12.0. The van der Waals surface area contributed by atoms with Crippen molar-refractivity contribution >= 4 is 22.9 Å². The highest BCUT2D eigenvalue weighted by Crippen LogP contribution is 2.38. The lowest BCUT2D eigenvalue weighted by atomic mass is 10.00. The number of carbonyl (C=O) groups excluding carboxylic acids is 1. The number of aromatic nitrogens is 1.